The third kappa shape index (κ3) is 6.24. The number of nitrogens with one attached hydrogen (secondary N) is 2. The number of carbonyl (C=O) groups excluding carboxylic acids is 1. The van der Waals surface area contributed by atoms with E-state index in [4.69, 9.17) is 26.5 Å². The summed E-state index contributed by atoms with van der Waals surface area (Å²) in [5.41, 5.74) is 0.0618. The Kier molecular flexibility index (Phi) is 8.64. The number of benzene rings is 3. The highest BCUT2D eigenvalue weighted by atomic mass is 35.5. The molecule has 0 fully saturated rings. The molecular weight excluding hydrogens is 530 g/mol. The Balaban J connectivity index is 0.000000260. The third-order valence-electron chi connectivity index (χ3n) is 5.20. The topological polar surface area (TPSA) is 116 Å². The van der Waals surface area contributed by atoms with Crippen molar-refractivity contribution in [2.24, 2.45) is 0 Å². The normalized spacial score (nSPS) is 10.8. The van der Waals surface area contributed by atoms with E-state index in [-0.39, 0.29) is 28.1 Å². The second kappa shape index (κ2) is 11.7. The molecule has 0 atom stereocenters. The minimum Gasteiger partial charge on any atom is -0.478 e. The molecule has 0 saturated heterocycles. The van der Waals surface area contributed by atoms with Crippen molar-refractivity contribution in [3.8, 4) is 11.5 Å². The molecule has 0 amide bonds. The van der Waals surface area contributed by atoms with Gasteiger partial charge in [-0.1, -0.05) is 17.7 Å². The number of nitrogens with zero attached hydrogens (tertiary/aromatic N) is 1. The molecule has 4 rings (SSSR count). The number of halogens is 5. The van der Waals surface area contributed by atoms with Gasteiger partial charge < -0.3 is 14.8 Å². The number of carboxylic acids is 1. The van der Waals surface area contributed by atoms with Crippen LogP contribution in [0.2, 0.25) is 5.02 Å². The van der Waals surface area contributed by atoms with E-state index < -0.39 is 29.1 Å². The molecule has 0 saturated carbocycles. The number of alkyl halides is 3. The monoisotopic (exact) mass is 547 g/mol. The van der Waals surface area contributed by atoms with Crippen molar-refractivity contribution in [1.29, 1.82) is 5.41 Å². The van der Waals surface area contributed by atoms with Gasteiger partial charge in [0.2, 0.25) is 5.89 Å². The predicted octanol–water partition coefficient (Wildman–Crippen LogP) is 6.81. The van der Waals surface area contributed by atoms with E-state index >= 15 is 0 Å². The van der Waals surface area contributed by atoms with Crippen LogP contribution in [0.4, 0.5) is 23.2 Å². The van der Waals surface area contributed by atoms with E-state index in [1.165, 1.54) is 30.7 Å². The fourth-order valence-corrected chi connectivity index (χ4v) is 3.59. The highest BCUT2D eigenvalue weighted by Crippen LogP contribution is 2.34. The zero-order valence-corrected chi connectivity index (χ0v) is 20.2. The maximum Gasteiger partial charge on any atom is 0.417 e. The summed E-state index contributed by atoms with van der Waals surface area (Å²) < 4.78 is 56.1. The SMILES string of the molecule is CNc1cc(-c2ncco2)ccc1C(=N)c1ccc(C(=O)O)cc1F.O=Cc1c(Cl)cccc1C(F)(F)F. The lowest BCUT2D eigenvalue weighted by Gasteiger charge is -2.13. The summed E-state index contributed by atoms with van der Waals surface area (Å²) in [5.74, 6) is -1.54. The van der Waals surface area contributed by atoms with Gasteiger partial charge in [0.15, 0.2) is 6.29 Å². The third-order valence-corrected chi connectivity index (χ3v) is 5.53. The van der Waals surface area contributed by atoms with Gasteiger partial charge in [-0.15, -0.1) is 0 Å². The molecule has 1 heterocycles. The lowest BCUT2D eigenvalue weighted by Crippen LogP contribution is -2.09. The molecular formula is C26H18ClF4N3O4. The van der Waals surface area contributed by atoms with Gasteiger partial charge in [0, 0.05) is 35.0 Å². The maximum atomic E-state index is 14.2. The quantitative estimate of drug-likeness (QED) is 0.139. The lowest BCUT2D eigenvalue weighted by atomic mass is 9.97. The van der Waals surface area contributed by atoms with Crippen LogP contribution in [-0.2, 0) is 6.18 Å². The predicted molar refractivity (Wildman–Crippen MR) is 133 cm³/mol. The summed E-state index contributed by atoms with van der Waals surface area (Å²) in [6.07, 6.45) is -1.44. The van der Waals surface area contributed by atoms with Crippen LogP contribution in [0.5, 0.6) is 0 Å². The Morgan fingerprint density at radius 2 is 1.84 bits per heavy atom. The molecule has 12 heteroatoms. The van der Waals surface area contributed by atoms with Crippen LogP contribution >= 0.6 is 11.6 Å². The van der Waals surface area contributed by atoms with Crippen molar-refractivity contribution in [2.75, 3.05) is 12.4 Å². The summed E-state index contributed by atoms with van der Waals surface area (Å²) in [6.45, 7) is 0. The van der Waals surface area contributed by atoms with Gasteiger partial charge in [-0.3, -0.25) is 10.2 Å². The van der Waals surface area contributed by atoms with Crippen molar-refractivity contribution >= 4 is 35.3 Å². The summed E-state index contributed by atoms with van der Waals surface area (Å²) >= 11 is 5.40. The zero-order valence-electron chi connectivity index (χ0n) is 19.4. The molecule has 0 radical (unpaired) electrons. The van der Waals surface area contributed by atoms with Gasteiger partial charge in [-0.2, -0.15) is 13.2 Å². The number of carbonyl (C=O) groups is 2. The molecule has 196 valence electrons. The van der Waals surface area contributed by atoms with Crippen molar-refractivity contribution in [3.63, 3.8) is 0 Å². The molecule has 3 aromatic carbocycles. The standard InChI is InChI=1S/C18H14FN3O3.C8H4ClF3O/c1-21-15-9-10(17-22-6-7-25-17)2-5-13(15)16(20)12-4-3-11(18(23)24)8-14(12)19;9-7-3-1-2-6(5(7)4-13)8(10,11)12/h2-9,20-21H,1H3,(H,23,24);1-4H. The van der Waals surface area contributed by atoms with Crippen molar-refractivity contribution in [2.45, 2.75) is 6.18 Å². The number of rotatable bonds is 6. The Morgan fingerprint density at radius 3 is 2.37 bits per heavy atom. The molecule has 3 N–H and O–H groups in total. The molecule has 4 aromatic rings. The number of anilines is 1. The fourth-order valence-electron chi connectivity index (χ4n) is 3.37. The van der Waals surface area contributed by atoms with Gasteiger partial charge in [0.05, 0.1) is 28.1 Å². The molecule has 0 aliphatic carbocycles. The number of aromatic carboxylic acids is 1. The fraction of sp³-hybridized carbons (Fsp3) is 0.0769. The van der Waals surface area contributed by atoms with Gasteiger partial charge in [0.25, 0.3) is 0 Å². The van der Waals surface area contributed by atoms with Gasteiger partial charge in [-0.25, -0.2) is 14.2 Å². The number of hydrogen-bond acceptors (Lipinski definition) is 6. The first-order valence-corrected chi connectivity index (χ1v) is 11.0. The molecule has 0 bridgehead atoms. The smallest absolute Gasteiger partial charge is 0.417 e. The molecule has 1 aromatic heterocycles. The van der Waals surface area contributed by atoms with Crippen LogP contribution in [0.1, 0.15) is 37.4 Å². The Labute approximate surface area is 218 Å². The van der Waals surface area contributed by atoms with Gasteiger partial charge in [0.1, 0.15) is 12.1 Å². The number of carboxylic acid groups (broad SMARTS) is 1. The zero-order chi connectivity index (χ0) is 28.0. The minimum absolute atomic E-state index is 0.0189. The van der Waals surface area contributed by atoms with Gasteiger partial charge in [-0.05, 0) is 48.5 Å². The van der Waals surface area contributed by atoms with E-state index in [1.807, 2.05) is 0 Å². The minimum atomic E-state index is -4.54. The molecule has 0 aliphatic heterocycles. The van der Waals surface area contributed by atoms with Gasteiger partial charge >= 0.3 is 12.1 Å². The average molecular weight is 548 g/mol. The first-order chi connectivity index (χ1) is 18.0. The van der Waals surface area contributed by atoms with Crippen LogP contribution in [0, 0.1) is 11.2 Å². The molecule has 0 spiro atoms. The maximum absolute atomic E-state index is 14.2. The number of hydrogen-bond donors (Lipinski definition) is 3. The second-order valence-electron chi connectivity index (χ2n) is 7.54. The molecule has 7 nitrogen and oxygen atoms in total. The first-order valence-electron chi connectivity index (χ1n) is 10.6. The van der Waals surface area contributed by atoms with Crippen LogP contribution in [0.15, 0.2) is 71.5 Å². The Hall–Kier alpha value is -4.51. The van der Waals surface area contributed by atoms with Crippen LogP contribution in [0.25, 0.3) is 11.5 Å². The molecule has 0 unspecified atom stereocenters. The van der Waals surface area contributed by atoms with Crippen molar-refractivity contribution < 1.29 is 36.7 Å². The number of aldehydes is 1. The average Bonchev–Trinajstić information content (AvgIpc) is 3.42. The van der Waals surface area contributed by atoms with E-state index in [9.17, 15) is 27.2 Å². The van der Waals surface area contributed by atoms with E-state index in [0.29, 0.717) is 22.7 Å². The number of oxazole rings is 1. The molecule has 38 heavy (non-hydrogen) atoms. The largest absolute Gasteiger partial charge is 0.478 e. The highest BCUT2D eigenvalue weighted by molar-refractivity contribution is 6.33. The number of aromatic nitrogens is 1. The Bertz CT molecular complexity index is 1490. The molecule has 0 aliphatic rings. The van der Waals surface area contributed by atoms with Crippen LogP contribution in [-0.4, -0.2) is 35.1 Å². The summed E-state index contributed by atoms with van der Waals surface area (Å²) in [4.78, 5) is 25.3. The highest BCUT2D eigenvalue weighted by Gasteiger charge is 2.33. The van der Waals surface area contributed by atoms with Crippen LogP contribution in [0.3, 0.4) is 0 Å². The summed E-state index contributed by atoms with van der Waals surface area (Å²) in [5, 5.41) is 20.0. The second-order valence-corrected chi connectivity index (χ2v) is 7.95. The Morgan fingerprint density at radius 1 is 1.13 bits per heavy atom. The van der Waals surface area contributed by atoms with Crippen LogP contribution < -0.4 is 5.32 Å². The summed E-state index contributed by atoms with van der Waals surface area (Å²) in [6, 6.07) is 11.8. The first kappa shape index (κ1) is 28.1. The van der Waals surface area contributed by atoms with Crippen molar-refractivity contribution in [3.05, 3.63) is 106 Å². The summed E-state index contributed by atoms with van der Waals surface area (Å²) in [7, 11) is 1.69. The van der Waals surface area contributed by atoms with E-state index in [0.717, 1.165) is 18.2 Å². The van der Waals surface area contributed by atoms with E-state index in [2.05, 4.69) is 10.3 Å². The van der Waals surface area contributed by atoms with Crippen molar-refractivity contribution in [1.82, 2.24) is 4.98 Å². The van der Waals surface area contributed by atoms with E-state index in [1.54, 1.807) is 25.2 Å². The lowest BCUT2D eigenvalue weighted by molar-refractivity contribution is -0.137.